The normalized spacial score (nSPS) is 15.0. The summed E-state index contributed by atoms with van der Waals surface area (Å²) in [5.74, 6) is 5.24. The molecule has 3 rings (SSSR count). The fourth-order valence-electron chi connectivity index (χ4n) is 3.26. The van der Waals surface area contributed by atoms with Crippen LogP contribution in [0.2, 0.25) is 0 Å². The number of benzene rings is 2. The summed E-state index contributed by atoms with van der Waals surface area (Å²) in [7, 11) is -3.29. The van der Waals surface area contributed by atoms with E-state index in [1.807, 2.05) is 24.3 Å². The monoisotopic (exact) mass is 394 g/mol. The molecule has 144 valence electrons. The molecule has 0 atom stereocenters. The standard InChI is InChI=1S/C23H22O4S/c1-4-28(26,27)21-13-14-23(2,3)20-15-17(9-12-19(20)21)6-5-16-7-10-18(11-8-16)22(24)25/h7-13,15H,4,14H2,1-3H3,(H,24,25). The molecule has 0 bridgehead atoms. The fraction of sp³-hybridized carbons (Fsp3) is 0.261. The van der Waals surface area contributed by atoms with E-state index in [9.17, 15) is 13.2 Å². The highest BCUT2D eigenvalue weighted by molar-refractivity contribution is 8.00. The number of sulfone groups is 1. The van der Waals surface area contributed by atoms with Gasteiger partial charge in [-0.15, -0.1) is 0 Å². The Kier molecular flexibility index (Phi) is 5.18. The topological polar surface area (TPSA) is 71.4 Å². The zero-order valence-corrected chi connectivity index (χ0v) is 16.9. The fourth-order valence-corrected chi connectivity index (χ4v) is 4.42. The Hall–Kier alpha value is -2.84. The van der Waals surface area contributed by atoms with E-state index in [4.69, 9.17) is 5.11 Å². The van der Waals surface area contributed by atoms with E-state index in [2.05, 4.69) is 25.7 Å². The van der Waals surface area contributed by atoms with E-state index >= 15 is 0 Å². The molecule has 4 nitrogen and oxygen atoms in total. The van der Waals surface area contributed by atoms with Gasteiger partial charge >= 0.3 is 5.97 Å². The highest BCUT2D eigenvalue weighted by Gasteiger charge is 2.32. The second-order valence-corrected chi connectivity index (χ2v) is 9.70. The SMILES string of the molecule is CCS(=O)(=O)C1=CCC(C)(C)c2cc(C#Cc3ccc(C(=O)O)cc3)ccc21. The Morgan fingerprint density at radius 1 is 1.07 bits per heavy atom. The van der Waals surface area contributed by atoms with Crippen molar-refractivity contribution in [2.45, 2.75) is 32.6 Å². The van der Waals surface area contributed by atoms with Crippen molar-refractivity contribution in [2.24, 2.45) is 0 Å². The Labute approximate surface area is 165 Å². The van der Waals surface area contributed by atoms with Crippen molar-refractivity contribution in [3.63, 3.8) is 0 Å². The minimum Gasteiger partial charge on any atom is -0.478 e. The number of aromatic carboxylic acids is 1. The van der Waals surface area contributed by atoms with Crippen LogP contribution in [0.3, 0.4) is 0 Å². The lowest BCUT2D eigenvalue weighted by Crippen LogP contribution is -2.24. The zero-order chi connectivity index (χ0) is 20.5. The summed E-state index contributed by atoms with van der Waals surface area (Å²) >= 11 is 0. The number of hydrogen-bond acceptors (Lipinski definition) is 3. The predicted octanol–water partition coefficient (Wildman–Crippen LogP) is 4.24. The van der Waals surface area contributed by atoms with Gasteiger partial charge in [-0.25, -0.2) is 13.2 Å². The predicted molar refractivity (Wildman–Crippen MR) is 111 cm³/mol. The molecule has 0 fully saturated rings. The van der Waals surface area contributed by atoms with Crippen LogP contribution in [0.15, 0.2) is 48.5 Å². The van der Waals surface area contributed by atoms with Gasteiger partial charge in [-0.05, 0) is 59.4 Å². The molecule has 2 aromatic carbocycles. The summed E-state index contributed by atoms with van der Waals surface area (Å²) < 4.78 is 24.9. The van der Waals surface area contributed by atoms with Crippen LogP contribution in [0, 0.1) is 11.8 Å². The summed E-state index contributed by atoms with van der Waals surface area (Å²) in [5.41, 5.74) is 3.30. The molecular weight excluding hydrogens is 372 g/mol. The van der Waals surface area contributed by atoms with Gasteiger partial charge in [0.05, 0.1) is 16.2 Å². The number of hydrogen-bond donors (Lipinski definition) is 1. The first-order chi connectivity index (χ1) is 13.1. The Morgan fingerprint density at radius 3 is 2.29 bits per heavy atom. The summed E-state index contributed by atoms with van der Waals surface area (Å²) in [6.07, 6.45) is 2.48. The molecule has 0 saturated heterocycles. The lowest BCUT2D eigenvalue weighted by molar-refractivity contribution is 0.0697. The molecule has 0 aliphatic heterocycles. The van der Waals surface area contributed by atoms with Crippen LogP contribution >= 0.6 is 0 Å². The van der Waals surface area contributed by atoms with Crippen molar-refractivity contribution in [2.75, 3.05) is 5.75 Å². The number of allylic oxidation sites excluding steroid dienone is 1. The average Bonchev–Trinajstić information content (AvgIpc) is 2.66. The van der Waals surface area contributed by atoms with Gasteiger partial charge in [-0.1, -0.05) is 44.8 Å². The van der Waals surface area contributed by atoms with E-state index in [-0.39, 0.29) is 16.7 Å². The van der Waals surface area contributed by atoms with E-state index in [0.717, 1.165) is 22.3 Å². The van der Waals surface area contributed by atoms with Gasteiger partial charge in [0.15, 0.2) is 9.84 Å². The van der Waals surface area contributed by atoms with Crippen LogP contribution in [0.5, 0.6) is 0 Å². The Morgan fingerprint density at radius 2 is 1.68 bits per heavy atom. The first kappa shape index (κ1) is 19.9. The van der Waals surface area contributed by atoms with Crippen LogP contribution in [-0.2, 0) is 15.3 Å². The summed E-state index contributed by atoms with van der Waals surface area (Å²) in [6, 6.07) is 12.0. The third-order valence-corrected chi connectivity index (χ3v) is 6.83. The number of carboxylic acid groups (broad SMARTS) is 1. The van der Waals surface area contributed by atoms with Crippen molar-refractivity contribution < 1.29 is 18.3 Å². The minimum absolute atomic E-state index is 0.0760. The molecule has 0 unspecified atom stereocenters. The van der Waals surface area contributed by atoms with E-state index in [0.29, 0.717) is 11.3 Å². The zero-order valence-electron chi connectivity index (χ0n) is 16.1. The lowest BCUT2D eigenvalue weighted by atomic mass is 9.75. The molecule has 0 saturated carbocycles. The molecule has 0 spiro atoms. The summed E-state index contributed by atoms with van der Waals surface area (Å²) in [5, 5.41) is 8.96. The van der Waals surface area contributed by atoms with E-state index in [1.165, 1.54) is 12.1 Å². The summed E-state index contributed by atoms with van der Waals surface area (Å²) in [6.45, 7) is 5.85. The van der Waals surface area contributed by atoms with Crippen molar-refractivity contribution >= 4 is 20.7 Å². The minimum atomic E-state index is -3.29. The van der Waals surface area contributed by atoms with Gasteiger partial charge < -0.3 is 5.11 Å². The Bertz CT molecular complexity index is 1130. The third kappa shape index (κ3) is 3.88. The van der Waals surface area contributed by atoms with Crippen LogP contribution in [-0.4, -0.2) is 25.2 Å². The maximum atomic E-state index is 12.5. The molecule has 28 heavy (non-hydrogen) atoms. The molecule has 0 heterocycles. The molecule has 0 aromatic heterocycles. The van der Waals surface area contributed by atoms with Crippen LogP contribution in [0.1, 0.15) is 59.8 Å². The molecule has 1 aliphatic carbocycles. The molecule has 0 amide bonds. The maximum absolute atomic E-state index is 12.5. The molecule has 1 aliphatic rings. The summed E-state index contributed by atoms with van der Waals surface area (Å²) in [4.78, 5) is 11.3. The quantitative estimate of drug-likeness (QED) is 0.791. The highest BCUT2D eigenvalue weighted by atomic mass is 32.2. The van der Waals surface area contributed by atoms with Crippen molar-refractivity contribution in [1.29, 1.82) is 0 Å². The second-order valence-electron chi connectivity index (χ2n) is 7.45. The molecule has 5 heteroatoms. The highest BCUT2D eigenvalue weighted by Crippen LogP contribution is 2.41. The smallest absolute Gasteiger partial charge is 0.335 e. The van der Waals surface area contributed by atoms with Gasteiger partial charge in [-0.3, -0.25) is 0 Å². The number of fused-ring (bicyclic) bond motifs is 1. The first-order valence-corrected chi connectivity index (χ1v) is 10.7. The third-order valence-electron chi connectivity index (χ3n) is 5.01. The largest absolute Gasteiger partial charge is 0.478 e. The van der Waals surface area contributed by atoms with Crippen LogP contribution in [0.4, 0.5) is 0 Å². The molecule has 0 radical (unpaired) electrons. The van der Waals surface area contributed by atoms with Gasteiger partial charge in [0, 0.05) is 11.1 Å². The average molecular weight is 394 g/mol. The molecule has 1 N–H and O–H groups in total. The van der Waals surface area contributed by atoms with Crippen molar-refractivity contribution in [1.82, 2.24) is 0 Å². The van der Waals surface area contributed by atoms with Gasteiger partial charge in [0.1, 0.15) is 0 Å². The van der Waals surface area contributed by atoms with Crippen LogP contribution < -0.4 is 0 Å². The van der Waals surface area contributed by atoms with Crippen LogP contribution in [0.25, 0.3) is 4.91 Å². The number of carbonyl (C=O) groups is 1. The molecular formula is C23H22O4S. The maximum Gasteiger partial charge on any atom is 0.335 e. The second kappa shape index (κ2) is 7.29. The van der Waals surface area contributed by atoms with E-state index < -0.39 is 15.8 Å². The van der Waals surface area contributed by atoms with Gasteiger partial charge in [0.2, 0.25) is 0 Å². The number of rotatable bonds is 3. The van der Waals surface area contributed by atoms with Crippen molar-refractivity contribution in [3.05, 3.63) is 76.4 Å². The van der Waals surface area contributed by atoms with Gasteiger partial charge in [-0.2, -0.15) is 0 Å². The Balaban J connectivity index is 1.99. The first-order valence-electron chi connectivity index (χ1n) is 9.07. The number of carboxylic acids is 1. The van der Waals surface area contributed by atoms with Crippen molar-refractivity contribution in [3.8, 4) is 11.8 Å². The lowest BCUT2D eigenvalue weighted by Gasteiger charge is -2.32. The van der Waals surface area contributed by atoms with Gasteiger partial charge in [0.25, 0.3) is 0 Å². The molecule has 2 aromatic rings. The van der Waals surface area contributed by atoms with E-state index in [1.54, 1.807) is 19.1 Å².